The molecule has 0 saturated carbocycles. The lowest BCUT2D eigenvalue weighted by Gasteiger charge is -2.23. The van der Waals surface area contributed by atoms with Crippen molar-refractivity contribution in [3.8, 4) is 0 Å². The van der Waals surface area contributed by atoms with Crippen LogP contribution in [0.25, 0.3) is 21.8 Å². The maximum atomic E-state index is 3.54. The van der Waals surface area contributed by atoms with Crippen LogP contribution in [0.2, 0.25) is 0 Å². The smallest absolute Gasteiger partial charge is 0.0736 e. The van der Waals surface area contributed by atoms with Gasteiger partial charge in [0.25, 0.3) is 0 Å². The number of hydrogen-bond acceptors (Lipinski definition) is 1. The minimum atomic E-state index is 0. The molecule has 4 rings (SSSR count). The van der Waals surface area contributed by atoms with Gasteiger partial charge in [0.15, 0.2) is 0 Å². The van der Waals surface area contributed by atoms with E-state index in [4.69, 9.17) is 0 Å². The highest BCUT2D eigenvalue weighted by molar-refractivity contribution is 6.09. The highest BCUT2D eigenvalue weighted by Crippen LogP contribution is 2.35. The normalized spacial score (nSPS) is 16.4. The lowest BCUT2D eigenvalue weighted by molar-refractivity contribution is 0.483. The van der Waals surface area contributed by atoms with Crippen molar-refractivity contribution < 1.29 is 0 Å². The van der Waals surface area contributed by atoms with Crippen LogP contribution in [0.4, 0.5) is 0 Å². The third-order valence-electron chi connectivity index (χ3n) is 3.84. The van der Waals surface area contributed by atoms with Gasteiger partial charge < -0.3 is 4.57 Å². The maximum Gasteiger partial charge on any atom is 0.0736 e. The monoisotopic (exact) mass is 268 g/mol. The molecule has 2 heterocycles. The van der Waals surface area contributed by atoms with Crippen molar-refractivity contribution in [2.45, 2.75) is 40.9 Å². The Morgan fingerprint density at radius 1 is 1.00 bits per heavy atom. The SMILES string of the molecule is C.CC.CC1NCn2c3ccccc3c3cccc1c32. The summed E-state index contributed by atoms with van der Waals surface area (Å²) in [6.45, 7) is 7.14. The van der Waals surface area contributed by atoms with Crippen molar-refractivity contribution in [2.24, 2.45) is 0 Å². The molecule has 1 unspecified atom stereocenters. The Morgan fingerprint density at radius 2 is 1.70 bits per heavy atom. The Morgan fingerprint density at radius 3 is 2.50 bits per heavy atom. The van der Waals surface area contributed by atoms with Crippen molar-refractivity contribution in [3.63, 3.8) is 0 Å². The largest absolute Gasteiger partial charge is 0.327 e. The number of hydrogen-bond donors (Lipinski definition) is 1. The summed E-state index contributed by atoms with van der Waals surface area (Å²) in [5.74, 6) is 0. The minimum absolute atomic E-state index is 0. The Hall–Kier alpha value is -1.80. The van der Waals surface area contributed by atoms with Crippen molar-refractivity contribution >= 4 is 21.8 Å². The molecule has 20 heavy (non-hydrogen) atoms. The second-order valence-corrected chi connectivity index (χ2v) is 4.77. The van der Waals surface area contributed by atoms with Crippen LogP contribution < -0.4 is 5.32 Å². The van der Waals surface area contributed by atoms with E-state index in [9.17, 15) is 0 Å². The van der Waals surface area contributed by atoms with Crippen LogP contribution in [0.3, 0.4) is 0 Å². The van der Waals surface area contributed by atoms with Crippen LogP contribution >= 0.6 is 0 Å². The first-order valence-corrected chi connectivity index (χ1v) is 7.09. The van der Waals surface area contributed by atoms with Gasteiger partial charge in [0.2, 0.25) is 0 Å². The lowest BCUT2D eigenvalue weighted by Crippen LogP contribution is -2.27. The molecule has 2 aromatic carbocycles. The standard InChI is InChI=1S/C15H14N2.C2H6.CH4/c1-10-11-6-4-7-13-12-5-2-3-8-14(12)17(9-16-10)15(11)13;1-2;/h2-8,10,16H,9H2,1H3;1-2H3;1H4. The third kappa shape index (κ3) is 1.92. The molecule has 2 heteroatoms. The number of benzene rings is 2. The van der Waals surface area contributed by atoms with Gasteiger partial charge in [0, 0.05) is 16.8 Å². The van der Waals surface area contributed by atoms with E-state index in [1.54, 1.807) is 0 Å². The first kappa shape index (κ1) is 14.6. The molecule has 0 amide bonds. The predicted octanol–water partition coefficient (Wildman–Crippen LogP) is 5.08. The second kappa shape index (κ2) is 5.68. The van der Waals surface area contributed by atoms with Gasteiger partial charge in [-0.05, 0) is 18.6 Å². The molecule has 106 valence electrons. The Kier molecular flexibility index (Phi) is 4.15. The molecule has 0 fully saturated rings. The Balaban J connectivity index is 0.000000471. The molecular formula is C18H24N2. The highest BCUT2D eigenvalue weighted by Gasteiger charge is 2.20. The molecule has 0 radical (unpaired) electrons. The molecule has 1 aliphatic heterocycles. The van der Waals surface area contributed by atoms with E-state index in [1.807, 2.05) is 13.8 Å². The quantitative estimate of drug-likeness (QED) is 0.601. The maximum absolute atomic E-state index is 3.54. The fourth-order valence-electron chi connectivity index (χ4n) is 2.99. The topological polar surface area (TPSA) is 17.0 Å². The molecular weight excluding hydrogens is 244 g/mol. The molecule has 3 aromatic rings. The van der Waals surface area contributed by atoms with Crippen molar-refractivity contribution in [3.05, 3.63) is 48.0 Å². The van der Waals surface area contributed by atoms with Gasteiger partial charge in [-0.15, -0.1) is 0 Å². The van der Waals surface area contributed by atoms with Crippen LogP contribution in [-0.2, 0) is 6.67 Å². The summed E-state index contributed by atoms with van der Waals surface area (Å²) in [7, 11) is 0. The molecule has 2 nitrogen and oxygen atoms in total. The van der Waals surface area contributed by atoms with E-state index in [1.165, 1.54) is 27.4 Å². The number of aromatic nitrogens is 1. The van der Waals surface area contributed by atoms with Gasteiger partial charge in [0.05, 0.1) is 17.7 Å². The van der Waals surface area contributed by atoms with Gasteiger partial charge in [0.1, 0.15) is 0 Å². The molecule has 0 saturated heterocycles. The summed E-state index contributed by atoms with van der Waals surface area (Å²) in [4.78, 5) is 0. The van der Waals surface area contributed by atoms with Crippen LogP contribution in [0, 0.1) is 0 Å². The predicted molar refractivity (Wildman–Crippen MR) is 89.1 cm³/mol. The van der Waals surface area contributed by atoms with Gasteiger partial charge in [-0.2, -0.15) is 0 Å². The average molecular weight is 268 g/mol. The first-order chi connectivity index (χ1) is 9.36. The van der Waals surface area contributed by atoms with Gasteiger partial charge in [-0.1, -0.05) is 57.7 Å². The van der Waals surface area contributed by atoms with Crippen LogP contribution in [-0.4, -0.2) is 4.57 Å². The fourth-order valence-corrected chi connectivity index (χ4v) is 2.99. The van der Waals surface area contributed by atoms with Crippen LogP contribution in [0.1, 0.15) is 39.8 Å². The summed E-state index contributed by atoms with van der Waals surface area (Å²) in [5, 5.41) is 6.28. The molecule has 0 aliphatic carbocycles. The minimum Gasteiger partial charge on any atom is -0.327 e. The van der Waals surface area contributed by atoms with Crippen LogP contribution in [0.15, 0.2) is 42.5 Å². The van der Waals surface area contributed by atoms with Crippen molar-refractivity contribution in [1.29, 1.82) is 0 Å². The zero-order valence-corrected chi connectivity index (χ0v) is 11.8. The summed E-state index contributed by atoms with van der Waals surface area (Å²) in [6, 6.07) is 15.7. The van der Waals surface area contributed by atoms with E-state index in [2.05, 4.69) is 59.3 Å². The molecule has 1 aromatic heterocycles. The zero-order valence-electron chi connectivity index (χ0n) is 11.8. The van der Waals surface area contributed by atoms with Gasteiger partial charge in [-0.3, -0.25) is 5.32 Å². The summed E-state index contributed by atoms with van der Waals surface area (Å²) < 4.78 is 2.39. The van der Waals surface area contributed by atoms with E-state index in [0.717, 1.165) is 6.67 Å². The summed E-state index contributed by atoms with van der Waals surface area (Å²) in [5.41, 5.74) is 4.14. The Bertz CT molecular complexity index is 725. The first-order valence-electron chi connectivity index (χ1n) is 7.09. The van der Waals surface area contributed by atoms with E-state index >= 15 is 0 Å². The molecule has 0 spiro atoms. The third-order valence-corrected chi connectivity index (χ3v) is 3.84. The summed E-state index contributed by atoms with van der Waals surface area (Å²) >= 11 is 0. The van der Waals surface area contributed by atoms with Gasteiger partial charge >= 0.3 is 0 Å². The van der Waals surface area contributed by atoms with E-state index in [-0.39, 0.29) is 7.43 Å². The number of nitrogens with zero attached hydrogens (tertiary/aromatic N) is 1. The zero-order chi connectivity index (χ0) is 13.4. The van der Waals surface area contributed by atoms with Gasteiger partial charge in [-0.25, -0.2) is 0 Å². The number of fused-ring (bicyclic) bond motifs is 3. The molecule has 1 N–H and O–H groups in total. The van der Waals surface area contributed by atoms with Crippen molar-refractivity contribution in [2.75, 3.05) is 0 Å². The second-order valence-electron chi connectivity index (χ2n) is 4.77. The molecule has 1 atom stereocenters. The number of nitrogens with one attached hydrogen (secondary N) is 1. The van der Waals surface area contributed by atoms with E-state index in [0.29, 0.717) is 6.04 Å². The average Bonchev–Trinajstić information content (AvgIpc) is 2.81. The Labute approximate surface area is 121 Å². The highest BCUT2D eigenvalue weighted by atomic mass is 15.2. The lowest BCUT2D eigenvalue weighted by atomic mass is 10.0. The number of para-hydroxylation sites is 2. The van der Waals surface area contributed by atoms with Crippen molar-refractivity contribution in [1.82, 2.24) is 9.88 Å². The summed E-state index contributed by atoms with van der Waals surface area (Å²) in [6.07, 6.45) is 0. The number of rotatable bonds is 0. The fraction of sp³-hybridized carbons (Fsp3) is 0.333. The molecule has 0 bridgehead atoms. The van der Waals surface area contributed by atoms with E-state index < -0.39 is 0 Å². The van der Waals surface area contributed by atoms with Crippen LogP contribution in [0.5, 0.6) is 0 Å². The molecule has 1 aliphatic rings.